The number of amidine groups is 1. The van der Waals surface area contributed by atoms with Crippen LogP contribution in [0.4, 0.5) is 5.69 Å². The predicted molar refractivity (Wildman–Crippen MR) is 136 cm³/mol. The molecule has 0 radical (unpaired) electrons. The lowest BCUT2D eigenvalue weighted by molar-refractivity contribution is -0.138. The maximum atomic E-state index is 12.8. The number of aliphatic carboxylic acids is 1. The number of nitrogens with one attached hydrogen (secondary N) is 2. The Kier molecular flexibility index (Phi) is 8.70. The average Bonchev–Trinajstić information content (AvgIpc) is 3.13. The van der Waals surface area contributed by atoms with Crippen LogP contribution in [0.25, 0.3) is 0 Å². The maximum Gasteiger partial charge on any atom is 0.339 e. The molecule has 0 spiro atoms. The van der Waals surface area contributed by atoms with Crippen molar-refractivity contribution in [1.82, 2.24) is 5.32 Å². The normalized spacial score (nSPS) is 16.7. The van der Waals surface area contributed by atoms with Gasteiger partial charge in [-0.2, -0.15) is 13.5 Å². The van der Waals surface area contributed by atoms with Gasteiger partial charge in [0.1, 0.15) is 10.1 Å². The topological polar surface area (TPSA) is 173 Å². The van der Waals surface area contributed by atoms with Crippen LogP contribution in [0, 0.1) is 0 Å². The molecule has 2 aromatic carbocycles. The van der Waals surface area contributed by atoms with E-state index < -0.39 is 27.2 Å². The van der Waals surface area contributed by atoms with E-state index in [4.69, 9.17) is 14.0 Å². The number of anilines is 1. The van der Waals surface area contributed by atoms with Gasteiger partial charge in [-0.3, -0.25) is 14.4 Å². The summed E-state index contributed by atoms with van der Waals surface area (Å²) in [7, 11) is -2.91. The third-order valence-electron chi connectivity index (χ3n) is 4.40. The van der Waals surface area contributed by atoms with E-state index in [0.717, 1.165) is 11.8 Å². The highest BCUT2D eigenvalue weighted by Crippen LogP contribution is 2.38. The van der Waals surface area contributed by atoms with Crippen LogP contribution in [0.3, 0.4) is 0 Å². The summed E-state index contributed by atoms with van der Waals surface area (Å²) in [5.74, 6) is -1.87. The molecule has 12 nitrogen and oxygen atoms in total. The van der Waals surface area contributed by atoms with E-state index >= 15 is 0 Å². The molecule has 190 valence electrons. The van der Waals surface area contributed by atoms with Crippen LogP contribution in [-0.2, 0) is 24.5 Å². The van der Waals surface area contributed by atoms with Gasteiger partial charge in [-0.1, -0.05) is 11.8 Å². The molecule has 0 unspecified atom stereocenters. The second-order valence-electron chi connectivity index (χ2n) is 7.12. The van der Waals surface area contributed by atoms with Gasteiger partial charge >= 0.3 is 16.1 Å². The molecule has 0 aliphatic carbocycles. The maximum absolute atomic E-state index is 12.8. The van der Waals surface area contributed by atoms with Crippen molar-refractivity contribution in [1.29, 1.82) is 0 Å². The Hall–Kier alpha value is -3.43. The van der Waals surface area contributed by atoms with Crippen LogP contribution in [0.1, 0.15) is 18.9 Å². The number of ether oxygens (including phenoxy) is 1. The second kappa shape index (κ2) is 11.5. The van der Waals surface area contributed by atoms with E-state index in [-0.39, 0.29) is 38.4 Å². The smallest absolute Gasteiger partial charge is 0.339 e. The van der Waals surface area contributed by atoms with Gasteiger partial charge in [0.2, 0.25) is 11.8 Å². The fourth-order valence-corrected chi connectivity index (χ4v) is 5.37. The van der Waals surface area contributed by atoms with Crippen molar-refractivity contribution < 1.29 is 36.8 Å². The number of nitrogens with zero attached hydrogens (tertiary/aromatic N) is 2. The number of benzene rings is 2. The van der Waals surface area contributed by atoms with Crippen LogP contribution in [-0.4, -0.2) is 55.0 Å². The molecule has 2 aromatic rings. The van der Waals surface area contributed by atoms with Crippen molar-refractivity contribution in [3.8, 4) is 11.5 Å². The first kappa shape index (κ1) is 27.2. The molecule has 3 N–H and O–H groups in total. The molecule has 1 heterocycles. The first-order valence-corrected chi connectivity index (χ1v) is 13.1. The Morgan fingerprint density at radius 2 is 1.97 bits per heavy atom. The number of hydrogen-bond acceptors (Lipinski definition) is 10. The van der Waals surface area contributed by atoms with Crippen molar-refractivity contribution in [2.75, 3.05) is 12.4 Å². The lowest BCUT2D eigenvalue weighted by Crippen LogP contribution is -2.26. The Labute approximate surface area is 218 Å². The minimum atomic E-state index is -4.24. The van der Waals surface area contributed by atoms with Crippen LogP contribution in [0.5, 0.6) is 11.5 Å². The summed E-state index contributed by atoms with van der Waals surface area (Å²) in [6.07, 6.45) is 0.990. The van der Waals surface area contributed by atoms with Gasteiger partial charge in [0.25, 0.3) is 0 Å². The monoisotopic (exact) mass is 598 g/mol. The number of carboxylic acids is 1. The molecular weight excluding hydrogens is 580 g/mol. The molecule has 15 heteroatoms. The van der Waals surface area contributed by atoms with Gasteiger partial charge in [0.15, 0.2) is 16.7 Å². The summed E-state index contributed by atoms with van der Waals surface area (Å²) in [6.45, 7) is 1.34. The number of rotatable bonds is 9. The number of thioether (sulfide) groups is 1. The molecule has 1 aliphatic rings. The highest BCUT2D eigenvalue weighted by Gasteiger charge is 2.32. The minimum Gasteiger partial charge on any atom is -0.493 e. The Balaban J connectivity index is 1.77. The van der Waals surface area contributed by atoms with Crippen molar-refractivity contribution in [3.63, 3.8) is 0 Å². The zero-order valence-corrected chi connectivity index (χ0v) is 21.9. The first-order valence-electron chi connectivity index (χ1n) is 9.98. The largest absolute Gasteiger partial charge is 0.493 e. The Morgan fingerprint density at radius 3 is 2.58 bits per heavy atom. The Bertz CT molecular complexity index is 1360. The molecule has 0 saturated carbocycles. The summed E-state index contributed by atoms with van der Waals surface area (Å²) < 4.78 is 36.4. The number of carbonyl (C=O) groups excluding carboxylic acids is 2. The number of hydrogen-bond donors (Lipinski definition) is 3. The van der Waals surface area contributed by atoms with E-state index in [1.54, 1.807) is 0 Å². The quantitative estimate of drug-likeness (QED) is 0.223. The van der Waals surface area contributed by atoms with E-state index in [2.05, 4.69) is 36.8 Å². The predicted octanol–water partition coefficient (Wildman–Crippen LogP) is 2.58. The van der Waals surface area contributed by atoms with Crippen molar-refractivity contribution in [3.05, 3.63) is 46.4 Å². The van der Waals surface area contributed by atoms with Crippen LogP contribution in [0.15, 0.2) is 56.0 Å². The molecule has 1 fully saturated rings. The van der Waals surface area contributed by atoms with Gasteiger partial charge in [-0.05, 0) is 57.9 Å². The lowest BCUT2D eigenvalue weighted by Gasteiger charge is -2.13. The fraction of sp³-hybridized carbons (Fsp3) is 0.190. The summed E-state index contributed by atoms with van der Waals surface area (Å²) >= 11 is 4.23. The second-order valence-corrected chi connectivity index (χ2v) is 10.7. The molecule has 3 rings (SSSR count). The summed E-state index contributed by atoms with van der Waals surface area (Å²) in [5.41, 5.74) is 0.893. The van der Waals surface area contributed by atoms with Gasteiger partial charge < -0.3 is 24.7 Å². The van der Waals surface area contributed by atoms with Gasteiger partial charge in [-0.15, -0.1) is 5.10 Å². The minimum absolute atomic E-state index is 0.0852. The van der Waals surface area contributed by atoms with E-state index in [1.807, 2.05) is 0 Å². The molecule has 0 aromatic heterocycles. The zero-order chi connectivity index (χ0) is 26.5. The van der Waals surface area contributed by atoms with E-state index in [9.17, 15) is 22.8 Å². The van der Waals surface area contributed by atoms with Gasteiger partial charge in [0, 0.05) is 12.6 Å². The molecule has 1 saturated heterocycles. The molecule has 0 bridgehead atoms. The van der Waals surface area contributed by atoms with Crippen LogP contribution < -0.4 is 19.6 Å². The summed E-state index contributed by atoms with van der Waals surface area (Å²) in [4.78, 5) is 33.6. The standard InChI is InChI=1S/C21H19BrN4O8S2/c1-11(27)24-13-3-5-14(6-4-13)36(31,32)34-19-15(22)7-12(8-16(19)33-2)10-23-26-21-25-20(30)17(35-21)9-18(28)29/h3-8,10,17H,9H2,1-2H3,(H,24,27)(H,28,29)(H,25,26,30)/b23-10-/t17-/m0/s1. The SMILES string of the molecule is COc1cc(/C=N\N=C2\NC(=O)[C@H](CC(=O)O)S2)cc(Br)c1OS(=O)(=O)c1ccc(NC(C)=O)cc1. The van der Waals surface area contributed by atoms with E-state index in [0.29, 0.717) is 11.3 Å². The molecular formula is C21H19BrN4O8S2. The number of amides is 2. The van der Waals surface area contributed by atoms with Gasteiger partial charge in [-0.25, -0.2) is 0 Å². The van der Waals surface area contributed by atoms with Gasteiger partial charge in [0.05, 0.1) is 24.2 Å². The average molecular weight is 599 g/mol. The summed E-state index contributed by atoms with van der Waals surface area (Å²) in [6, 6.07) is 8.43. The lowest BCUT2D eigenvalue weighted by atomic mass is 10.2. The highest BCUT2D eigenvalue weighted by molar-refractivity contribution is 9.10. The number of carboxylic acid groups (broad SMARTS) is 1. The molecule has 1 aliphatic heterocycles. The summed E-state index contributed by atoms with van der Waals surface area (Å²) in [5, 5.41) is 21.0. The number of methoxy groups -OCH3 is 1. The van der Waals surface area contributed by atoms with Crippen molar-refractivity contribution >= 4 is 72.7 Å². The van der Waals surface area contributed by atoms with Crippen molar-refractivity contribution in [2.45, 2.75) is 23.5 Å². The third-order valence-corrected chi connectivity index (χ3v) is 7.30. The third kappa shape index (κ3) is 7.05. The molecule has 36 heavy (non-hydrogen) atoms. The first-order chi connectivity index (χ1) is 17.0. The van der Waals surface area contributed by atoms with E-state index in [1.165, 1.54) is 56.6 Å². The molecule has 1 atom stereocenters. The fourth-order valence-electron chi connectivity index (χ4n) is 2.85. The zero-order valence-electron chi connectivity index (χ0n) is 18.7. The van der Waals surface area contributed by atoms with Crippen molar-refractivity contribution in [2.24, 2.45) is 10.2 Å². The van der Waals surface area contributed by atoms with Crippen LogP contribution in [0.2, 0.25) is 0 Å². The Morgan fingerprint density at radius 1 is 1.28 bits per heavy atom. The highest BCUT2D eigenvalue weighted by atomic mass is 79.9. The number of carbonyl (C=O) groups is 3. The van der Waals surface area contributed by atoms with Crippen LogP contribution >= 0.6 is 27.7 Å². The number of halogens is 1. The molecule has 2 amide bonds.